The van der Waals surface area contributed by atoms with E-state index in [2.05, 4.69) is 46.5 Å². The summed E-state index contributed by atoms with van der Waals surface area (Å²) in [7, 11) is 0. The molecule has 0 unspecified atom stereocenters. The Balaban J connectivity index is 0.000000205. The zero-order valence-corrected chi connectivity index (χ0v) is 30.3. The first-order valence-electron chi connectivity index (χ1n) is 16.6. The Labute approximate surface area is 295 Å². The van der Waals surface area contributed by atoms with Crippen LogP contribution in [0.5, 0.6) is 0 Å². The zero-order valence-electron chi connectivity index (χ0n) is 30.3. The summed E-state index contributed by atoms with van der Waals surface area (Å²) in [4.78, 5) is 44.6. The molecule has 6 rings (SSSR count). The number of nitrogens with zero attached hydrogens (tertiary/aromatic N) is 7. The van der Waals surface area contributed by atoms with Crippen molar-refractivity contribution in [2.45, 2.75) is 67.9 Å². The van der Waals surface area contributed by atoms with E-state index in [9.17, 15) is 14.4 Å². The summed E-state index contributed by atoms with van der Waals surface area (Å²) in [5.41, 5.74) is 8.06. The van der Waals surface area contributed by atoms with Gasteiger partial charge in [-0.2, -0.15) is 14.9 Å². The van der Waals surface area contributed by atoms with Gasteiger partial charge >= 0.3 is 18.2 Å². The minimum atomic E-state index is -0.605. The minimum Gasteiger partial charge on any atom is -0.442 e. The highest BCUT2D eigenvalue weighted by atomic mass is 16.6. The monoisotopic (exact) mass is 696 g/mol. The minimum absolute atomic E-state index is 0.257. The summed E-state index contributed by atoms with van der Waals surface area (Å²) in [6.45, 7) is 17.9. The average Bonchev–Trinajstić information content (AvgIpc) is 3.79. The summed E-state index contributed by atoms with van der Waals surface area (Å²) in [6.07, 6.45) is 6.78. The number of carbonyl (C=O) groups excluding carboxylic acids is 3. The van der Waals surface area contributed by atoms with E-state index < -0.39 is 11.7 Å². The lowest BCUT2D eigenvalue weighted by molar-refractivity contribution is 0.0510. The van der Waals surface area contributed by atoms with Crippen molar-refractivity contribution < 1.29 is 19.1 Å². The average molecular weight is 697 g/mol. The van der Waals surface area contributed by atoms with Crippen LogP contribution in [0, 0.1) is 27.7 Å². The summed E-state index contributed by atoms with van der Waals surface area (Å²) in [5.74, 6) is 0.967. The molecule has 16 heteroatoms. The maximum Gasteiger partial charge on any atom is 0.435 e. The maximum absolute atomic E-state index is 12.5. The fourth-order valence-corrected chi connectivity index (χ4v) is 5.56. The second-order valence-corrected chi connectivity index (χ2v) is 12.8. The van der Waals surface area contributed by atoms with Crippen molar-refractivity contribution in [2.75, 3.05) is 23.7 Å². The molecule has 0 aromatic carbocycles. The highest BCUT2D eigenvalue weighted by molar-refractivity contribution is 5.89. The number of hydrogen-bond donors (Lipinski definition) is 5. The van der Waals surface area contributed by atoms with Crippen LogP contribution in [0.15, 0.2) is 49.1 Å². The Hall–Kier alpha value is -6.19. The van der Waals surface area contributed by atoms with Gasteiger partial charge in [-0.3, -0.25) is 15.7 Å². The number of pyridine rings is 2. The lowest BCUT2D eigenvalue weighted by Gasteiger charge is -2.19. The maximum atomic E-state index is 12.5. The van der Waals surface area contributed by atoms with Gasteiger partial charge in [0.15, 0.2) is 11.6 Å². The summed E-state index contributed by atoms with van der Waals surface area (Å²) in [5, 5.41) is 22.3. The Kier molecular flexibility index (Phi) is 10.4. The molecule has 6 heterocycles. The zero-order chi connectivity index (χ0) is 37.0. The largest absolute Gasteiger partial charge is 0.442 e. The summed E-state index contributed by atoms with van der Waals surface area (Å²) >= 11 is 0. The third kappa shape index (κ3) is 8.34. The second kappa shape index (κ2) is 14.7. The number of carbonyl (C=O) groups is 3. The topological polar surface area (TPSA) is 190 Å². The van der Waals surface area contributed by atoms with Crippen molar-refractivity contribution in [3.63, 3.8) is 0 Å². The van der Waals surface area contributed by atoms with Gasteiger partial charge in [0.25, 0.3) is 0 Å². The van der Waals surface area contributed by atoms with Gasteiger partial charge in [-0.15, -0.1) is 0 Å². The molecule has 0 atom stereocenters. The fraction of sp³-hybridized carbons (Fsp3) is 0.343. The van der Waals surface area contributed by atoms with Gasteiger partial charge in [-0.25, -0.2) is 24.4 Å². The molecular weight excluding hydrogens is 652 g/mol. The van der Waals surface area contributed by atoms with Crippen LogP contribution < -0.4 is 21.3 Å². The van der Waals surface area contributed by atoms with Crippen molar-refractivity contribution in [2.24, 2.45) is 0 Å². The number of aryl methyl sites for hydroxylation is 3. The van der Waals surface area contributed by atoms with Gasteiger partial charge in [-0.05, 0) is 97.7 Å². The van der Waals surface area contributed by atoms with Crippen molar-refractivity contribution in [3.8, 4) is 22.3 Å². The van der Waals surface area contributed by atoms with Gasteiger partial charge in [0.2, 0.25) is 0 Å². The Morgan fingerprint density at radius 3 is 1.75 bits per heavy atom. The number of aromatic amines is 1. The number of rotatable bonds is 6. The van der Waals surface area contributed by atoms with Crippen molar-refractivity contribution in [1.82, 2.24) is 49.4 Å². The van der Waals surface area contributed by atoms with E-state index in [1.165, 1.54) is 4.68 Å². The lowest BCUT2D eigenvalue weighted by Crippen LogP contribution is -2.28. The molecule has 0 spiro atoms. The highest BCUT2D eigenvalue weighted by Crippen LogP contribution is 2.29. The third-order valence-corrected chi connectivity index (χ3v) is 7.64. The number of nitrogens with one attached hydrogen (secondary N) is 5. The molecule has 0 bridgehead atoms. The molecule has 6 aromatic rings. The van der Waals surface area contributed by atoms with Crippen LogP contribution in [-0.2, 0) is 4.74 Å². The number of imidazole rings is 2. The molecule has 51 heavy (non-hydrogen) atoms. The third-order valence-electron chi connectivity index (χ3n) is 7.64. The van der Waals surface area contributed by atoms with Gasteiger partial charge in [0.05, 0.1) is 29.5 Å². The van der Waals surface area contributed by atoms with Gasteiger partial charge in [0, 0.05) is 42.3 Å². The van der Waals surface area contributed by atoms with Crippen molar-refractivity contribution >= 4 is 41.1 Å². The molecule has 0 aliphatic rings. The standard InChI is InChI=1S/C20H26N6O3.C15H18N6O/c1-7-21-18(27)23-15-11-25-9-8-14(10-16(25)22-15)17-12(2)24-26(13(17)3)19(28)29-20(4,5)6;1-4-16-15(22)18-12-8-21-6-5-11(7-13(21)17-12)14-9(2)19-20-10(14)3/h8-11H,7H2,1-6H3,(H2,21,23,27);5-8H,4H2,1-3H3,(H,19,20)(H2,16,18,22). The first-order chi connectivity index (χ1) is 24.2. The number of amides is 4. The molecule has 4 amide bonds. The summed E-state index contributed by atoms with van der Waals surface area (Å²) in [6, 6.07) is 7.23. The van der Waals surface area contributed by atoms with Crippen LogP contribution in [0.25, 0.3) is 33.5 Å². The Morgan fingerprint density at radius 1 is 0.784 bits per heavy atom. The number of fused-ring (bicyclic) bond motifs is 2. The Morgan fingerprint density at radius 2 is 1.29 bits per heavy atom. The van der Waals surface area contributed by atoms with Crippen LogP contribution in [0.1, 0.15) is 57.4 Å². The molecule has 0 saturated heterocycles. The molecular formula is C35H44N12O4. The van der Waals surface area contributed by atoms with Gasteiger partial charge < -0.3 is 24.2 Å². The van der Waals surface area contributed by atoms with Gasteiger partial charge in [-0.1, -0.05) is 0 Å². The van der Waals surface area contributed by atoms with Crippen LogP contribution >= 0.6 is 0 Å². The van der Waals surface area contributed by atoms with E-state index in [4.69, 9.17) is 4.74 Å². The first kappa shape index (κ1) is 36.1. The van der Waals surface area contributed by atoms with Crippen LogP contribution in [0.4, 0.5) is 26.0 Å². The van der Waals surface area contributed by atoms with Gasteiger partial charge in [0.1, 0.15) is 16.9 Å². The molecule has 0 aliphatic heterocycles. The van der Waals surface area contributed by atoms with Crippen LogP contribution in [0.3, 0.4) is 0 Å². The molecule has 16 nitrogen and oxygen atoms in total. The van der Waals surface area contributed by atoms with Crippen molar-refractivity contribution in [1.29, 1.82) is 0 Å². The van der Waals surface area contributed by atoms with Crippen molar-refractivity contribution in [3.05, 3.63) is 71.8 Å². The molecule has 0 fully saturated rings. The molecule has 0 aliphatic carbocycles. The fourth-order valence-electron chi connectivity index (χ4n) is 5.56. The number of H-pyrrole nitrogens is 1. The molecule has 0 radical (unpaired) electrons. The molecule has 5 N–H and O–H groups in total. The SMILES string of the molecule is CCNC(=O)Nc1cn2ccc(-c3c(C)n[nH]c3C)cc2n1.CCNC(=O)Nc1cn2ccc(-c3c(C)nn(C(=O)OC(C)(C)C)c3C)cc2n1. The lowest BCUT2D eigenvalue weighted by atomic mass is 10.1. The van der Waals surface area contributed by atoms with E-state index in [-0.39, 0.29) is 12.1 Å². The number of anilines is 2. The van der Waals surface area contributed by atoms with Crippen LogP contribution in [0.2, 0.25) is 0 Å². The first-order valence-corrected chi connectivity index (χ1v) is 16.6. The van der Waals surface area contributed by atoms with E-state index in [1.54, 1.807) is 12.4 Å². The number of aromatic nitrogens is 8. The predicted octanol–water partition coefficient (Wildman–Crippen LogP) is 6.22. The highest BCUT2D eigenvalue weighted by Gasteiger charge is 2.23. The predicted molar refractivity (Wildman–Crippen MR) is 195 cm³/mol. The van der Waals surface area contributed by atoms with E-state index in [1.807, 2.05) is 108 Å². The normalized spacial score (nSPS) is 11.2. The van der Waals surface area contributed by atoms with Crippen LogP contribution in [-0.4, -0.2) is 75.6 Å². The molecule has 268 valence electrons. The Bertz CT molecular complexity index is 2200. The van der Waals surface area contributed by atoms with E-state index in [0.717, 1.165) is 39.3 Å². The summed E-state index contributed by atoms with van der Waals surface area (Å²) < 4.78 is 10.4. The second-order valence-electron chi connectivity index (χ2n) is 12.8. The molecule has 0 saturated carbocycles. The quantitative estimate of drug-likeness (QED) is 0.136. The smallest absolute Gasteiger partial charge is 0.435 e. The van der Waals surface area contributed by atoms with E-state index >= 15 is 0 Å². The number of urea groups is 2. The van der Waals surface area contributed by atoms with E-state index in [0.29, 0.717) is 41.8 Å². The number of ether oxygens (including phenoxy) is 1. The molecule has 6 aromatic heterocycles. The number of hydrogen-bond acceptors (Lipinski definition) is 8.